The topological polar surface area (TPSA) is 79.5 Å². The van der Waals surface area contributed by atoms with Crippen LogP contribution in [0.1, 0.15) is 28.7 Å². The first-order valence-corrected chi connectivity index (χ1v) is 9.15. The molecule has 0 aliphatic rings. The molecule has 2 aromatic carbocycles. The zero-order chi connectivity index (χ0) is 19.5. The van der Waals surface area contributed by atoms with E-state index < -0.39 is 5.97 Å². The van der Waals surface area contributed by atoms with E-state index in [1.807, 2.05) is 47.0 Å². The van der Waals surface area contributed by atoms with Crippen LogP contribution in [-0.2, 0) is 13.0 Å². The predicted octanol–water partition coefficient (Wildman–Crippen LogP) is 4.27. The monoisotopic (exact) mass is 372 g/mol. The van der Waals surface area contributed by atoms with E-state index in [0.29, 0.717) is 17.7 Å². The number of rotatable bonds is 6. The van der Waals surface area contributed by atoms with Crippen LogP contribution in [0.5, 0.6) is 0 Å². The Morgan fingerprint density at radius 1 is 1.11 bits per heavy atom. The van der Waals surface area contributed by atoms with Crippen LogP contribution in [0.2, 0.25) is 0 Å². The first-order chi connectivity index (χ1) is 13.7. The van der Waals surface area contributed by atoms with Crippen molar-refractivity contribution in [2.75, 3.05) is 5.32 Å². The first kappa shape index (κ1) is 17.7. The van der Waals surface area contributed by atoms with Gasteiger partial charge in [-0.25, -0.2) is 14.3 Å². The molecule has 4 aromatic rings. The van der Waals surface area contributed by atoms with Gasteiger partial charge in [0, 0.05) is 17.4 Å². The number of carboxylic acid groups (broad SMARTS) is 1. The normalized spacial score (nSPS) is 10.9. The van der Waals surface area contributed by atoms with Gasteiger partial charge < -0.3 is 10.4 Å². The van der Waals surface area contributed by atoms with E-state index in [1.165, 1.54) is 0 Å². The maximum atomic E-state index is 11.4. The number of fused-ring (bicyclic) bond motifs is 1. The molecule has 0 saturated heterocycles. The molecule has 2 heterocycles. The molecule has 0 aliphatic heterocycles. The lowest BCUT2D eigenvalue weighted by molar-refractivity contribution is 0.0697. The van der Waals surface area contributed by atoms with Crippen LogP contribution in [0.25, 0.3) is 16.8 Å². The Labute approximate surface area is 162 Å². The van der Waals surface area contributed by atoms with E-state index >= 15 is 0 Å². The highest BCUT2D eigenvalue weighted by Crippen LogP contribution is 2.25. The number of aromatic carboxylic acids is 1. The highest BCUT2D eigenvalue weighted by Gasteiger charge is 2.11. The molecule has 0 unspecified atom stereocenters. The number of aromatic nitrogens is 3. The Hall–Kier alpha value is -3.67. The van der Waals surface area contributed by atoms with Gasteiger partial charge in [0.15, 0.2) is 5.65 Å². The fourth-order valence-corrected chi connectivity index (χ4v) is 3.22. The van der Waals surface area contributed by atoms with Crippen molar-refractivity contribution in [1.29, 1.82) is 0 Å². The number of hydrogen-bond acceptors (Lipinski definition) is 4. The number of anilines is 1. The lowest BCUT2D eigenvalue weighted by Gasteiger charge is -2.11. The number of aryl methyl sites for hydroxylation is 1. The minimum atomic E-state index is -0.926. The lowest BCUT2D eigenvalue weighted by atomic mass is 9.99. The van der Waals surface area contributed by atoms with Gasteiger partial charge in [0.2, 0.25) is 0 Å². The largest absolute Gasteiger partial charge is 0.478 e. The summed E-state index contributed by atoms with van der Waals surface area (Å²) in [5.74, 6) is -0.926. The van der Waals surface area contributed by atoms with E-state index in [0.717, 1.165) is 34.7 Å². The Morgan fingerprint density at radius 3 is 2.64 bits per heavy atom. The van der Waals surface area contributed by atoms with Crippen LogP contribution >= 0.6 is 0 Å². The second kappa shape index (κ2) is 7.52. The maximum absolute atomic E-state index is 11.4. The summed E-state index contributed by atoms with van der Waals surface area (Å²) >= 11 is 0. The average molecular weight is 372 g/mol. The number of benzene rings is 2. The molecule has 28 heavy (non-hydrogen) atoms. The van der Waals surface area contributed by atoms with Gasteiger partial charge in [0.1, 0.15) is 0 Å². The minimum Gasteiger partial charge on any atom is -0.478 e. The molecule has 0 fully saturated rings. The zero-order valence-electron chi connectivity index (χ0n) is 15.5. The van der Waals surface area contributed by atoms with Crippen LogP contribution in [0, 0.1) is 0 Å². The fourth-order valence-electron chi connectivity index (χ4n) is 3.22. The third-order valence-electron chi connectivity index (χ3n) is 4.68. The molecule has 140 valence electrons. The van der Waals surface area contributed by atoms with E-state index in [4.69, 9.17) is 0 Å². The van der Waals surface area contributed by atoms with E-state index in [1.54, 1.807) is 18.3 Å². The molecule has 0 aliphatic carbocycles. The maximum Gasteiger partial charge on any atom is 0.336 e. The molecule has 0 radical (unpaired) electrons. The standard InChI is InChI=1S/C22H20N4O2/c1-2-16-13-18(26-21(25-16)11-12-24-26)14-23-17-9-7-15(8-10-17)19-5-3-4-6-20(19)22(27)28/h3-13,23H,2,14H2,1H3,(H,27,28). The number of hydrogen-bond donors (Lipinski definition) is 2. The quantitative estimate of drug-likeness (QED) is 0.528. The van der Waals surface area contributed by atoms with Gasteiger partial charge in [-0.1, -0.05) is 37.3 Å². The second-order valence-electron chi connectivity index (χ2n) is 6.48. The Balaban J connectivity index is 1.55. The summed E-state index contributed by atoms with van der Waals surface area (Å²) in [4.78, 5) is 16.0. The van der Waals surface area contributed by atoms with Gasteiger partial charge >= 0.3 is 5.97 Å². The molecule has 2 N–H and O–H groups in total. The smallest absolute Gasteiger partial charge is 0.336 e. The van der Waals surface area contributed by atoms with Gasteiger partial charge in [0.25, 0.3) is 0 Å². The predicted molar refractivity (Wildman–Crippen MR) is 109 cm³/mol. The highest BCUT2D eigenvalue weighted by molar-refractivity contribution is 5.96. The van der Waals surface area contributed by atoms with Crippen molar-refractivity contribution >= 4 is 17.3 Å². The van der Waals surface area contributed by atoms with Crippen molar-refractivity contribution in [1.82, 2.24) is 14.6 Å². The van der Waals surface area contributed by atoms with Crippen molar-refractivity contribution < 1.29 is 9.90 Å². The van der Waals surface area contributed by atoms with Gasteiger partial charge in [-0.15, -0.1) is 0 Å². The van der Waals surface area contributed by atoms with Gasteiger partial charge in [-0.3, -0.25) is 0 Å². The Bertz CT molecular complexity index is 1130. The molecular weight excluding hydrogens is 352 g/mol. The van der Waals surface area contributed by atoms with Gasteiger partial charge in [-0.05, 0) is 41.8 Å². The van der Waals surface area contributed by atoms with E-state index in [-0.39, 0.29) is 0 Å². The van der Waals surface area contributed by atoms with Crippen molar-refractivity contribution in [3.63, 3.8) is 0 Å². The summed E-state index contributed by atoms with van der Waals surface area (Å²) in [5.41, 5.74) is 5.74. The lowest BCUT2D eigenvalue weighted by Crippen LogP contribution is -2.08. The molecule has 6 heteroatoms. The third-order valence-corrected chi connectivity index (χ3v) is 4.68. The SMILES string of the molecule is CCc1cc(CNc2ccc(-c3ccccc3C(=O)O)cc2)n2nccc2n1. The van der Waals surface area contributed by atoms with Crippen molar-refractivity contribution in [3.8, 4) is 11.1 Å². The van der Waals surface area contributed by atoms with Crippen LogP contribution < -0.4 is 5.32 Å². The summed E-state index contributed by atoms with van der Waals surface area (Å²) < 4.78 is 1.84. The summed E-state index contributed by atoms with van der Waals surface area (Å²) in [6, 6.07) is 18.7. The van der Waals surface area contributed by atoms with Crippen molar-refractivity contribution in [2.24, 2.45) is 0 Å². The highest BCUT2D eigenvalue weighted by atomic mass is 16.4. The van der Waals surface area contributed by atoms with Crippen molar-refractivity contribution in [2.45, 2.75) is 19.9 Å². The molecule has 0 spiro atoms. The first-order valence-electron chi connectivity index (χ1n) is 9.15. The second-order valence-corrected chi connectivity index (χ2v) is 6.48. The number of nitrogens with one attached hydrogen (secondary N) is 1. The molecule has 0 saturated carbocycles. The number of carbonyl (C=O) groups is 1. The Morgan fingerprint density at radius 2 is 1.89 bits per heavy atom. The fraction of sp³-hybridized carbons (Fsp3) is 0.136. The molecule has 0 bridgehead atoms. The van der Waals surface area contributed by atoms with E-state index in [9.17, 15) is 9.90 Å². The minimum absolute atomic E-state index is 0.299. The third kappa shape index (κ3) is 3.44. The number of carboxylic acids is 1. The van der Waals surface area contributed by atoms with Crippen LogP contribution in [-0.4, -0.2) is 25.7 Å². The zero-order valence-corrected chi connectivity index (χ0v) is 15.5. The molecule has 6 nitrogen and oxygen atoms in total. The van der Waals surface area contributed by atoms with Gasteiger partial charge in [0.05, 0.1) is 24.0 Å². The molecule has 0 amide bonds. The molecular formula is C22H20N4O2. The van der Waals surface area contributed by atoms with Crippen LogP contribution in [0.4, 0.5) is 5.69 Å². The van der Waals surface area contributed by atoms with Gasteiger partial charge in [-0.2, -0.15) is 5.10 Å². The average Bonchev–Trinajstić information content (AvgIpc) is 3.21. The summed E-state index contributed by atoms with van der Waals surface area (Å²) in [6.45, 7) is 2.69. The number of nitrogens with zero attached hydrogens (tertiary/aromatic N) is 3. The molecule has 4 rings (SSSR count). The molecule has 2 aromatic heterocycles. The van der Waals surface area contributed by atoms with Crippen LogP contribution in [0.3, 0.4) is 0 Å². The Kier molecular flexibility index (Phi) is 4.76. The summed E-state index contributed by atoms with van der Waals surface area (Å²) in [7, 11) is 0. The van der Waals surface area contributed by atoms with E-state index in [2.05, 4.69) is 28.4 Å². The van der Waals surface area contributed by atoms with Crippen molar-refractivity contribution in [3.05, 3.63) is 83.8 Å². The summed E-state index contributed by atoms with van der Waals surface area (Å²) in [5, 5.41) is 17.1. The van der Waals surface area contributed by atoms with Crippen LogP contribution in [0.15, 0.2) is 66.9 Å². The summed E-state index contributed by atoms with van der Waals surface area (Å²) in [6.07, 6.45) is 2.62. The molecule has 0 atom stereocenters.